The average molecular weight is 353 g/mol. The number of hydrogen-bond donors (Lipinski definition) is 1. The highest BCUT2D eigenvalue weighted by atomic mass is 35.5. The molecule has 3 aliphatic heterocycles. The molecule has 0 aromatic heterocycles. The van der Waals surface area contributed by atoms with Crippen LogP contribution in [0.15, 0.2) is 40.5 Å². The number of benzene rings is 1. The van der Waals surface area contributed by atoms with Crippen LogP contribution in [0.25, 0.3) is 0 Å². The van der Waals surface area contributed by atoms with Crippen LogP contribution in [-0.4, -0.2) is 51.9 Å². The molecule has 1 N–H and O–H groups in total. The number of aliphatic imine (C=N–C) groups is 1. The van der Waals surface area contributed by atoms with Crippen molar-refractivity contribution in [1.29, 1.82) is 0 Å². The molecule has 0 bridgehead atoms. The number of thioether (sulfide) groups is 1. The maximum Gasteiger partial charge on any atom is 0.317 e. The summed E-state index contributed by atoms with van der Waals surface area (Å²) < 4.78 is 5.76. The van der Waals surface area contributed by atoms with Gasteiger partial charge in [0.15, 0.2) is 0 Å². The molecule has 0 saturated carbocycles. The standard InChI is InChI=1S/C14H13ClN4O3S/c15-10-3-1-9(2-4-10)13-19-11(6-23-13)22-14-16-7-17(5-12(20)21)8-18(14)19/h1-4,6,13H,5,7-8H2,(H,20,21). The zero-order valence-electron chi connectivity index (χ0n) is 11.9. The van der Waals surface area contributed by atoms with Gasteiger partial charge in [-0.2, -0.15) is 0 Å². The number of amidine groups is 1. The van der Waals surface area contributed by atoms with Crippen LogP contribution in [0.5, 0.6) is 0 Å². The topological polar surface area (TPSA) is 68.6 Å². The monoisotopic (exact) mass is 352 g/mol. The van der Waals surface area contributed by atoms with Crippen molar-refractivity contribution < 1.29 is 14.6 Å². The third kappa shape index (κ3) is 2.62. The van der Waals surface area contributed by atoms with Crippen molar-refractivity contribution in [3.05, 3.63) is 46.1 Å². The number of aliphatic carboxylic acids is 1. The number of hydrogen-bond acceptors (Lipinski definition) is 7. The summed E-state index contributed by atoms with van der Waals surface area (Å²) in [7, 11) is 0. The minimum Gasteiger partial charge on any atom is -0.480 e. The number of halogens is 1. The largest absolute Gasteiger partial charge is 0.480 e. The predicted molar refractivity (Wildman–Crippen MR) is 86.1 cm³/mol. The summed E-state index contributed by atoms with van der Waals surface area (Å²) in [6.45, 7) is 0.685. The van der Waals surface area contributed by atoms with Crippen molar-refractivity contribution in [3.63, 3.8) is 0 Å². The molecule has 0 amide bonds. The van der Waals surface area contributed by atoms with Crippen LogP contribution in [0.3, 0.4) is 0 Å². The molecule has 1 aromatic rings. The Hall–Kier alpha value is -1.90. The molecular formula is C14H13ClN4O3S. The van der Waals surface area contributed by atoms with Crippen LogP contribution >= 0.6 is 23.4 Å². The molecular weight excluding hydrogens is 340 g/mol. The Kier molecular flexibility index (Phi) is 3.59. The zero-order chi connectivity index (χ0) is 16.0. The molecule has 0 spiro atoms. The summed E-state index contributed by atoms with van der Waals surface area (Å²) in [5.74, 6) is -0.157. The summed E-state index contributed by atoms with van der Waals surface area (Å²) in [6, 6.07) is 8.18. The molecule has 4 rings (SSSR count). The summed E-state index contributed by atoms with van der Waals surface area (Å²) >= 11 is 7.59. The highest BCUT2D eigenvalue weighted by Gasteiger charge is 2.44. The molecule has 7 nitrogen and oxygen atoms in total. The van der Waals surface area contributed by atoms with Crippen molar-refractivity contribution in [1.82, 2.24) is 14.9 Å². The number of fused-ring (bicyclic) bond motifs is 3. The number of carboxylic acid groups (broad SMARTS) is 1. The molecule has 0 radical (unpaired) electrons. The van der Waals surface area contributed by atoms with Crippen LogP contribution in [0.2, 0.25) is 5.02 Å². The van der Waals surface area contributed by atoms with Crippen molar-refractivity contribution >= 4 is 35.4 Å². The fourth-order valence-corrected chi connectivity index (χ4v) is 3.85. The van der Waals surface area contributed by atoms with Gasteiger partial charge in [0.25, 0.3) is 0 Å². The van der Waals surface area contributed by atoms with E-state index < -0.39 is 5.97 Å². The Balaban J connectivity index is 1.59. The van der Waals surface area contributed by atoms with E-state index in [-0.39, 0.29) is 11.9 Å². The Morgan fingerprint density at radius 1 is 1.43 bits per heavy atom. The second kappa shape index (κ2) is 5.63. The molecule has 1 saturated heterocycles. The maximum atomic E-state index is 10.9. The number of ether oxygens (including phenoxy) is 1. The van der Waals surface area contributed by atoms with Crippen molar-refractivity contribution in [2.24, 2.45) is 4.99 Å². The quantitative estimate of drug-likeness (QED) is 0.893. The summed E-state index contributed by atoms with van der Waals surface area (Å²) in [5, 5.41) is 15.5. The molecule has 3 heterocycles. The van der Waals surface area contributed by atoms with Crippen LogP contribution in [0.4, 0.5) is 0 Å². The van der Waals surface area contributed by atoms with E-state index in [0.29, 0.717) is 30.3 Å². The first kappa shape index (κ1) is 14.7. The third-order valence-corrected chi connectivity index (χ3v) is 5.00. The fourth-order valence-electron chi connectivity index (χ4n) is 2.68. The lowest BCUT2D eigenvalue weighted by atomic mass is 10.2. The molecule has 9 heteroatoms. The van der Waals surface area contributed by atoms with Crippen molar-refractivity contribution in [3.8, 4) is 0 Å². The van der Waals surface area contributed by atoms with Gasteiger partial charge in [-0.1, -0.05) is 35.5 Å². The van der Waals surface area contributed by atoms with Crippen LogP contribution in [0, 0.1) is 0 Å². The second-order valence-corrected chi connectivity index (χ2v) is 6.68. The average Bonchev–Trinajstić information content (AvgIpc) is 3.07. The van der Waals surface area contributed by atoms with Gasteiger partial charge in [0.05, 0.1) is 19.9 Å². The minimum absolute atomic E-state index is 0.0137. The van der Waals surface area contributed by atoms with Gasteiger partial charge in [0.2, 0.25) is 5.88 Å². The number of carbonyl (C=O) groups is 1. The van der Waals surface area contributed by atoms with E-state index in [1.165, 1.54) is 0 Å². The van der Waals surface area contributed by atoms with E-state index in [4.69, 9.17) is 21.4 Å². The summed E-state index contributed by atoms with van der Waals surface area (Å²) in [6.07, 6.45) is 0. The van der Waals surface area contributed by atoms with Gasteiger partial charge >= 0.3 is 12.0 Å². The number of nitrogens with zero attached hydrogens (tertiary/aromatic N) is 4. The fraction of sp³-hybridized carbons (Fsp3) is 0.286. The van der Waals surface area contributed by atoms with E-state index in [2.05, 4.69) is 4.99 Å². The van der Waals surface area contributed by atoms with E-state index in [1.54, 1.807) is 16.7 Å². The lowest BCUT2D eigenvalue weighted by Gasteiger charge is -2.36. The Labute approximate surface area is 141 Å². The highest BCUT2D eigenvalue weighted by molar-refractivity contribution is 8.02. The normalized spacial score (nSPS) is 23.1. The van der Waals surface area contributed by atoms with E-state index in [0.717, 1.165) is 5.56 Å². The van der Waals surface area contributed by atoms with Gasteiger partial charge in [-0.3, -0.25) is 9.69 Å². The maximum absolute atomic E-state index is 10.9. The van der Waals surface area contributed by atoms with Gasteiger partial charge in [0, 0.05) is 10.4 Å². The van der Waals surface area contributed by atoms with Crippen molar-refractivity contribution in [2.45, 2.75) is 5.37 Å². The van der Waals surface area contributed by atoms with Gasteiger partial charge in [-0.05, 0) is 17.7 Å². The smallest absolute Gasteiger partial charge is 0.317 e. The van der Waals surface area contributed by atoms with E-state index in [1.807, 2.05) is 39.7 Å². The molecule has 1 unspecified atom stereocenters. The summed E-state index contributed by atoms with van der Waals surface area (Å²) in [4.78, 5) is 17.0. The second-order valence-electron chi connectivity index (χ2n) is 5.29. The molecule has 1 atom stereocenters. The Bertz CT molecular complexity index is 708. The molecule has 1 aromatic carbocycles. The van der Waals surface area contributed by atoms with Crippen LogP contribution in [-0.2, 0) is 9.53 Å². The first-order valence-corrected chi connectivity index (χ1v) is 8.28. The summed E-state index contributed by atoms with van der Waals surface area (Å²) in [5.41, 5.74) is 1.09. The number of hydrazine groups is 1. The van der Waals surface area contributed by atoms with Crippen LogP contribution < -0.4 is 0 Å². The molecule has 23 heavy (non-hydrogen) atoms. The molecule has 3 aliphatic rings. The minimum atomic E-state index is -0.871. The number of rotatable bonds is 3. The lowest BCUT2D eigenvalue weighted by molar-refractivity contribution is -0.139. The van der Waals surface area contributed by atoms with Gasteiger partial charge in [-0.25, -0.2) is 15.0 Å². The van der Waals surface area contributed by atoms with E-state index >= 15 is 0 Å². The SMILES string of the molecule is O=C(O)CN1CN=C2OC3=CSC(c4ccc(Cl)cc4)N3N2C1. The predicted octanol–water partition coefficient (Wildman–Crippen LogP) is 2.10. The van der Waals surface area contributed by atoms with Gasteiger partial charge in [0.1, 0.15) is 5.37 Å². The molecule has 120 valence electrons. The van der Waals surface area contributed by atoms with Gasteiger partial charge < -0.3 is 9.84 Å². The van der Waals surface area contributed by atoms with Gasteiger partial charge in [-0.15, -0.1) is 0 Å². The molecule has 0 aliphatic carbocycles. The van der Waals surface area contributed by atoms with E-state index in [9.17, 15) is 4.79 Å². The Morgan fingerprint density at radius 2 is 2.22 bits per heavy atom. The third-order valence-electron chi connectivity index (χ3n) is 3.68. The highest BCUT2D eigenvalue weighted by Crippen LogP contribution is 2.47. The zero-order valence-corrected chi connectivity index (χ0v) is 13.5. The first-order valence-electron chi connectivity index (χ1n) is 6.96. The van der Waals surface area contributed by atoms with Crippen molar-refractivity contribution in [2.75, 3.05) is 19.9 Å². The first-order chi connectivity index (χ1) is 11.1. The molecule has 1 fully saturated rings. The number of carboxylic acids is 1. The lowest BCUT2D eigenvalue weighted by Crippen LogP contribution is -2.50. The Morgan fingerprint density at radius 3 is 2.96 bits per heavy atom. The van der Waals surface area contributed by atoms with Crippen LogP contribution in [0.1, 0.15) is 10.9 Å².